The first-order valence-electron chi connectivity index (χ1n) is 6.73. The Balaban J connectivity index is 1.81. The van der Waals surface area contributed by atoms with Crippen molar-refractivity contribution in [2.75, 3.05) is 18.8 Å². The molecule has 1 amide bonds. The molecule has 2 rings (SSSR count). The van der Waals surface area contributed by atoms with Crippen LogP contribution in [0, 0.1) is 5.92 Å². The first-order chi connectivity index (χ1) is 8.18. The van der Waals surface area contributed by atoms with Gasteiger partial charge in [-0.25, -0.2) is 0 Å². The normalized spacial score (nSPS) is 29.1. The Morgan fingerprint density at radius 1 is 1.29 bits per heavy atom. The summed E-state index contributed by atoms with van der Waals surface area (Å²) in [5.74, 6) is 2.14. The molecule has 2 atom stereocenters. The highest BCUT2D eigenvalue weighted by Crippen LogP contribution is 2.29. The van der Waals surface area contributed by atoms with Crippen molar-refractivity contribution in [2.24, 2.45) is 5.92 Å². The summed E-state index contributed by atoms with van der Waals surface area (Å²) in [7, 11) is 0. The van der Waals surface area contributed by atoms with Gasteiger partial charge < -0.3 is 4.90 Å². The van der Waals surface area contributed by atoms with Gasteiger partial charge in [-0.2, -0.15) is 0 Å². The molecule has 2 heterocycles. The summed E-state index contributed by atoms with van der Waals surface area (Å²) < 4.78 is 0. The molecular weight excluding hydrogens is 254 g/mol. The lowest BCUT2D eigenvalue weighted by Gasteiger charge is -2.35. The third kappa shape index (κ3) is 3.54. The van der Waals surface area contributed by atoms with Crippen LogP contribution in [0.25, 0.3) is 0 Å². The molecule has 2 aliphatic heterocycles. The maximum Gasteiger partial charge on any atom is 0.235 e. The lowest BCUT2D eigenvalue weighted by Crippen LogP contribution is -2.44. The van der Waals surface area contributed by atoms with Gasteiger partial charge in [0.1, 0.15) is 0 Å². The van der Waals surface area contributed by atoms with Crippen LogP contribution in [0.5, 0.6) is 0 Å². The third-order valence-electron chi connectivity index (χ3n) is 3.96. The molecular formula is C13H22ClNOS. The Hall–Kier alpha value is 0.110. The Kier molecular flexibility index (Phi) is 5.04. The highest BCUT2D eigenvalue weighted by atomic mass is 35.5. The smallest absolute Gasteiger partial charge is 0.235 e. The SMILES string of the molecule is CC(Cl)C1CCN(C(=O)C2CCCCS2)CC1. The minimum Gasteiger partial charge on any atom is -0.342 e. The number of halogens is 1. The van der Waals surface area contributed by atoms with Gasteiger partial charge in [-0.05, 0) is 44.3 Å². The van der Waals surface area contributed by atoms with Gasteiger partial charge in [0.15, 0.2) is 0 Å². The predicted molar refractivity (Wildman–Crippen MR) is 74.7 cm³/mol. The molecule has 17 heavy (non-hydrogen) atoms. The Bertz CT molecular complexity index is 258. The van der Waals surface area contributed by atoms with Gasteiger partial charge in [-0.15, -0.1) is 23.4 Å². The van der Waals surface area contributed by atoms with Crippen LogP contribution >= 0.6 is 23.4 Å². The maximum atomic E-state index is 12.3. The topological polar surface area (TPSA) is 20.3 Å². The van der Waals surface area contributed by atoms with Crippen LogP contribution in [-0.2, 0) is 4.79 Å². The fraction of sp³-hybridized carbons (Fsp3) is 0.923. The molecule has 0 bridgehead atoms. The summed E-state index contributed by atoms with van der Waals surface area (Å²) in [6.45, 7) is 3.90. The molecule has 0 spiro atoms. The number of hydrogen-bond acceptors (Lipinski definition) is 2. The minimum atomic E-state index is 0.244. The number of piperidine rings is 1. The first kappa shape index (κ1) is 13.5. The molecule has 0 N–H and O–H groups in total. The zero-order valence-corrected chi connectivity index (χ0v) is 12.1. The van der Waals surface area contributed by atoms with E-state index < -0.39 is 0 Å². The van der Waals surface area contributed by atoms with E-state index >= 15 is 0 Å². The molecule has 2 saturated heterocycles. The summed E-state index contributed by atoms with van der Waals surface area (Å²) in [5, 5.41) is 0.491. The lowest BCUT2D eigenvalue weighted by atomic mass is 9.93. The highest BCUT2D eigenvalue weighted by molar-refractivity contribution is 8.00. The summed E-state index contributed by atoms with van der Waals surface area (Å²) in [4.78, 5) is 14.4. The molecule has 98 valence electrons. The lowest BCUT2D eigenvalue weighted by molar-refractivity contribution is -0.132. The number of hydrogen-bond donors (Lipinski definition) is 0. The second-order valence-corrected chi connectivity index (χ2v) is 7.19. The van der Waals surface area contributed by atoms with E-state index in [1.807, 2.05) is 11.8 Å². The van der Waals surface area contributed by atoms with E-state index in [-0.39, 0.29) is 10.6 Å². The van der Waals surface area contributed by atoms with Crippen molar-refractivity contribution in [3.05, 3.63) is 0 Å². The zero-order valence-electron chi connectivity index (χ0n) is 10.5. The second-order valence-electron chi connectivity index (χ2n) is 5.20. The van der Waals surface area contributed by atoms with E-state index in [0.29, 0.717) is 11.8 Å². The van der Waals surface area contributed by atoms with Gasteiger partial charge >= 0.3 is 0 Å². The van der Waals surface area contributed by atoms with E-state index in [0.717, 1.165) is 38.1 Å². The first-order valence-corrected chi connectivity index (χ1v) is 8.21. The van der Waals surface area contributed by atoms with Crippen molar-refractivity contribution in [2.45, 2.75) is 49.7 Å². The molecule has 2 fully saturated rings. The maximum absolute atomic E-state index is 12.3. The Morgan fingerprint density at radius 2 is 2.00 bits per heavy atom. The molecule has 4 heteroatoms. The predicted octanol–water partition coefficient (Wildman–Crippen LogP) is 3.14. The van der Waals surface area contributed by atoms with Crippen LogP contribution in [0.15, 0.2) is 0 Å². The van der Waals surface area contributed by atoms with Crippen LogP contribution in [0.2, 0.25) is 0 Å². The fourth-order valence-electron chi connectivity index (χ4n) is 2.72. The molecule has 0 aromatic heterocycles. The van der Waals surface area contributed by atoms with Gasteiger partial charge in [-0.3, -0.25) is 4.79 Å². The minimum absolute atomic E-state index is 0.244. The fourth-order valence-corrected chi connectivity index (χ4v) is 4.25. The summed E-state index contributed by atoms with van der Waals surface area (Å²) >= 11 is 7.98. The van der Waals surface area contributed by atoms with E-state index in [1.165, 1.54) is 12.8 Å². The van der Waals surface area contributed by atoms with Gasteiger partial charge in [0, 0.05) is 18.5 Å². The standard InChI is InChI=1S/C13H22ClNOS/c1-10(14)11-5-7-15(8-6-11)13(16)12-4-2-3-9-17-12/h10-12H,2-9H2,1H3. The molecule has 0 saturated carbocycles. The Morgan fingerprint density at radius 3 is 2.53 bits per heavy atom. The second kappa shape index (κ2) is 6.33. The number of alkyl halides is 1. The number of carbonyl (C=O) groups is 1. The molecule has 0 radical (unpaired) electrons. The molecule has 2 unspecified atom stereocenters. The van der Waals surface area contributed by atoms with Gasteiger partial charge in [0.25, 0.3) is 0 Å². The molecule has 0 aliphatic carbocycles. The number of nitrogens with zero attached hydrogens (tertiary/aromatic N) is 1. The van der Waals surface area contributed by atoms with Gasteiger partial charge in [0.05, 0.1) is 5.25 Å². The van der Waals surface area contributed by atoms with Crippen molar-refractivity contribution >= 4 is 29.3 Å². The number of thioether (sulfide) groups is 1. The van der Waals surface area contributed by atoms with Gasteiger partial charge in [-0.1, -0.05) is 6.42 Å². The quantitative estimate of drug-likeness (QED) is 0.722. The molecule has 2 nitrogen and oxygen atoms in total. The van der Waals surface area contributed by atoms with Crippen LogP contribution in [0.3, 0.4) is 0 Å². The monoisotopic (exact) mass is 275 g/mol. The van der Waals surface area contributed by atoms with Crippen LogP contribution in [-0.4, -0.2) is 40.3 Å². The summed E-state index contributed by atoms with van der Waals surface area (Å²) in [5.41, 5.74) is 0. The molecule has 0 aromatic rings. The van der Waals surface area contributed by atoms with Crippen molar-refractivity contribution in [3.8, 4) is 0 Å². The third-order valence-corrected chi connectivity index (χ3v) is 5.68. The Labute approximate surface area is 113 Å². The van der Waals surface area contributed by atoms with Crippen LogP contribution in [0.4, 0.5) is 0 Å². The number of rotatable bonds is 2. The molecule has 2 aliphatic rings. The summed E-state index contributed by atoms with van der Waals surface area (Å²) in [6.07, 6.45) is 5.73. The van der Waals surface area contributed by atoms with E-state index in [2.05, 4.69) is 11.8 Å². The summed E-state index contributed by atoms with van der Waals surface area (Å²) in [6, 6.07) is 0. The number of likely N-dealkylation sites (tertiary alicyclic amines) is 1. The highest BCUT2D eigenvalue weighted by Gasteiger charge is 2.30. The van der Waals surface area contributed by atoms with Gasteiger partial charge in [0.2, 0.25) is 5.91 Å². The van der Waals surface area contributed by atoms with Crippen LogP contribution in [0.1, 0.15) is 39.0 Å². The van der Waals surface area contributed by atoms with Crippen LogP contribution < -0.4 is 0 Å². The van der Waals surface area contributed by atoms with E-state index in [4.69, 9.17) is 11.6 Å². The average molecular weight is 276 g/mol. The van der Waals surface area contributed by atoms with Crippen molar-refractivity contribution < 1.29 is 4.79 Å². The largest absolute Gasteiger partial charge is 0.342 e. The van der Waals surface area contributed by atoms with Crippen molar-refractivity contribution in [1.82, 2.24) is 4.90 Å². The number of carbonyl (C=O) groups excluding carboxylic acids is 1. The van der Waals surface area contributed by atoms with Crippen molar-refractivity contribution in [1.29, 1.82) is 0 Å². The molecule has 0 aromatic carbocycles. The van der Waals surface area contributed by atoms with E-state index in [9.17, 15) is 4.79 Å². The zero-order chi connectivity index (χ0) is 12.3. The average Bonchev–Trinajstić information content (AvgIpc) is 2.39. The van der Waals surface area contributed by atoms with E-state index in [1.54, 1.807) is 0 Å². The van der Waals surface area contributed by atoms with Crippen molar-refractivity contribution in [3.63, 3.8) is 0 Å². The number of amides is 1.